The van der Waals surface area contributed by atoms with Gasteiger partial charge in [-0.05, 0) is 26.2 Å². The van der Waals surface area contributed by atoms with E-state index in [9.17, 15) is 5.11 Å². The van der Waals surface area contributed by atoms with Crippen LogP contribution in [0.1, 0.15) is 33.1 Å². The minimum Gasteiger partial charge on any atom is -0.387 e. The van der Waals surface area contributed by atoms with Crippen LogP contribution in [0, 0.1) is 0 Å². The quantitative estimate of drug-likeness (QED) is 0.556. The Morgan fingerprint density at radius 1 is 1.70 bits per heavy atom. The van der Waals surface area contributed by atoms with Crippen LogP contribution in [0.3, 0.4) is 0 Å². The third-order valence-corrected chi connectivity index (χ3v) is 3.27. The predicted octanol–water partition coefficient (Wildman–Crippen LogP) is 1.08. The molecule has 2 heteroatoms. The fourth-order valence-electron chi connectivity index (χ4n) is 2.15. The zero-order valence-corrected chi connectivity index (χ0v) is 6.55. The SMILES string of the molecule is CC[C@]1(O)CC[C@H]2O[C@]21C. The second-order valence-corrected chi connectivity index (χ2v) is 3.64. The van der Waals surface area contributed by atoms with Crippen molar-refractivity contribution in [2.24, 2.45) is 0 Å². The molecule has 0 aromatic heterocycles. The van der Waals surface area contributed by atoms with Crippen molar-refractivity contribution >= 4 is 0 Å². The smallest absolute Gasteiger partial charge is 0.120 e. The van der Waals surface area contributed by atoms with Gasteiger partial charge in [-0.15, -0.1) is 0 Å². The third-order valence-electron chi connectivity index (χ3n) is 3.27. The highest BCUT2D eigenvalue weighted by molar-refractivity contribution is 5.18. The Kier molecular flexibility index (Phi) is 1.03. The molecule has 58 valence electrons. The molecule has 1 aliphatic heterocycles. The molecule has 1 heterocycles. The Balaban J connectivity index is 2.23. The van der Waals surface area contributed by atoms with Crippen LogP contribution in [0.25, 0.3) is 0 Å². The standard InChI is InChI=1S/C8H14O2/c1-3-8(9)5-4-6-7(8,2)10-6/h6,9H,3-5H2,1-2H3/t6-,7-,8+/m1/s1. The van der Waals surface area contributed by atoms with Crippen molar-refractivity contribution in [3.8, 4) is 0 Å². The topological polar surface area (TPSA) is 32.8 Å². The lowest BCUT2D eigenvalue weighted by Gasteiger charge is -2.26. The lowest BCUT2D eigenvalue weighted by molar-refractivity contribution is -0.0383. The van der Waals surface area contributed by atoms with Crippen molar-refractivity contribution in [1.29, 1.82) is 0 Å². The largest absolute Gasteiger partial charge is 0.387 e. The molecule has 1 aliphatic carbocycles. The average Bonchev–Trinajstić information content (AvgIpc) is 2.53. The summed E-state index contributed by atoms with van der Waals surface area (Å²) in [6, 6.07) is 0. The molecule has 1 saturated heterocycles. The van der Waals surface area contributed by atoms with Crippen LogP contribution in [-0.2, 0) is 4.74 Å². The van der Waals surface area contributed by atoms with Crippen LogP contribution in [0.5, 0.6) is 0 Å². The maximum absolute atomic E-state index is 9.94. The van der Waals surface area contributed by atoms with E-state index in [1.165, 1.54) is 0 Å². The molecule has 0 bridgehead atoms. The summed E-state index contributed by atoms with van der Waals surface area (Å²) in [5, 5.41) is 9.94. The molecule has 0 aromatic rings. The molecule has 10 heavy (non-hydrogen) atoms. The lowest BCUT2D eigenvalue weighted by Crippen LogP contribution is -2.39. The zero-order chi connectivity index (χ0) is 7.41. The van der Waals surface area contributed by atoms with Gasteiger partial charge in [-0.2, -0.15) is 0 Å². The Bertz CT molecular complexity index is 167. The van der Waals surface area contributed by atoms with Gasteiger partial charge in [-0.25, -0.2) is 0 Å². The molecule has 0 unspecified atom stereocenters. The van der Waals surface area contributed by atoms with Crippen molar-refractivity contribution in [3.05, 3.63) is 0 Å². The number of hydrogen-bond donors (Lipinski definition) is 1. The van der Waals surface area contributed by atoms with Crippen molar-refractivity contribution in [2.45, 2.75) is 50.4 Å². The van der Waals surface area contributed by atoms with E-state index in [4.69, 9.17) is 4.74 Å². The van der Waals surface area contributed by atoms with Crippen molar-refractivity contribution < 1.29 is 9.84 Å². The molecule has 2 fully saturated rings. The van der Waals surface area contributed by atoms with Gasteiger partial charge in [0.1, 0.15) is 5.60 Å². The first-order chi connectivity index (χ1) is 4.62. The van der Waals surface area contributed by atoms with Gasteiger partial charge in [-0.1, -0.05) is 6.92 Å². The van der Waals surface area contributed by atoms with E-state index < -0.39 is 5.60 Å². The van der Waals surface area contributed by atoms with Crippen molar-refractivity contribution in [2.75, 3.05) is 0 Å². The van der Waals surface area contributed by atoms with E-state index in [2.05, 4.69) is 0 Å². The molecule has 2 rings (SSSR count). The second kappa shape index (κ2) is 1.56. The van der Waals surface area contributed by atoms with Gasteiger partial charge < -0.3 is 9.84 Å². The third kappa shape index (κ3) is 0.523. The van der Waals surface area contributed by atoms with Crippen molar-refractivity contribution in [3.63, 3.8) is 0 Å². The molecule has 0 aromatic carbocycles. The first-order valence-electron chi connectivity index (χ1n) is 4.02. The number of ether oxygens (including phenoxy) is 1. The highest BCUT2D eigenvalue weighted by atomic mass is 16.6. The molecule has 1 saturated carbocycles. The van der Waals surface area contributed by atoms with E-state index in [0.717, 1.165) is 19.3 Å². The van der Waals surface area contributed by atoms with Gasteiger partial charge in [0.2, 0.25) is 0 Å². The predicted molar refractivity (Wildman–Crippen MR) is 37.8 cm³/mol. The molecule has 3 atom stereocenters. The molecule has 0 amide bonds. The zero-order valence-electron chi connectivity index (χ0n) is 6.55. The van der Waals surface area contributed by atoms with E-state index in [1.807, 2.05) is 13.8 Å². The molecule has 2 nitrogen and oxygen atoms in total. The summed E-state index contributed by atoms with van der Waals surface area (Å²) in [5.74, 6) is 0. The van der Waals surface area contributed by atoms with E-state index >= 15 is 0 Å². The van der Waals surface area contributed by atoms with E-state index in [-0.39, 0.29) is 5.60 Å². The molecular formula is C8H14O2. The van der Waals surface area contributed by atoms with Crippen molar-refractivity contribution in [1.82, 2.24) is 0 Å². The highest BCUT2D eigenvalue weighted by Gasteiger charge is 2.68. The Labute approximate surface area is 61.2 Å². The van der Waals surface area contributed by atoms with Crippen LogP contribution in [0.15, 0.2) is 0 Å². The van der Waals surface area contributed by atoms with Gasteiger partial charge in [0.25, 0.3) is 0 Å². The molecular weight excluding hydrogens is 128 g/mol. The van der Waals surface area contributed by atoms with Crippen LogP contribution in [0.2, 0.25) is 0 Å². The van der Waals surface area contributed by atoms with E-state index in [0.29, 0.717) is 6.10 Å². The first kappa shape index (κ1) is 6.62. The number of hydrogen-bond acceptors (Lipinski definition) is 2. The summed E-state index contributed by atoms with van der Waals surface area (Å²) in [4.78, 5) is 0. The van der Waals surface area contributed by atoms with Gasteiger partial charge in [0.05, 0.1) is 11.7 Å². The van der Waals surface area contributed by atoms with Crippen LogP contribution in [0.4, 0.5) is 0 Å². The highest BCUT2D eigenvalue weighted by Crippen LogP contribution is 2.56. The van der Waals surface area contributed by atoms with Crippen LogP contribution >= 0.6 is 0 Å². The molecule has 1 N–H and O–H groups in total. The lowest BCUT2D eigenvalue weighted by atomic mass is 9.89. The maximum atomic E-state index is 9.94. The molecule has 0 radical (unpaired) electrons. The van der Waals surface area contributed by atoms with Crippen LogP contribution < -0.4 is 0 Å². The number of aliphatic hydroxyl groups is 1. The average molecular weight is 142 g/mol. The normalized spacial score (nSPS) is 58.5. The number of epoxide rings is 1. The maximum Gasteiger partial charge on any atom is 0.120 e. The van der Waals surface area contributed by atoms with Gasteiger partial charge in [0, 0.05) is 0 Å². The van der Waals surface area contributed by atoms with Gasteiger partial charge in [-0.3, -0.25) is 0 Å². The van der Waals surface area contributed by atoms with E-state index in [1.54, 1.807) is 0 Å². The Hall–Kier alpha value is -0.0800. The summed E-state index contributed by atoms with van der Waals surface area (Å²) >= 11 is 0. The fraction of sp³-hybridized carbons (Fsp3) is 1.00. The number of fused-ring (bicyclic) bond motifs is 1. The second-order valence-electron chi connectivity index (χ2n) is 3.64. The van der Waals surface area contributed by atoms with Gasteiger partial charge in [0.15, 0.2) is 0 Å². The minimum absolute atomic E-state index is 0.179. The molecule has 0 spiro atoms. The summed E-state index contributed by atoms with van der Waals surface area (Å²) < 4.78 is 5.40. The first-order valence-corrected chi connectivity index (χ1v) is 4.02. The Morgan fingerprint density at radius 2 is 2.40 bits per heavy atom. The monoisotopic (exact) mass is 142 g/mol. The summed E-state index contributed by atoms with van der Waals surface area (Å²) in [6.07, 6.45) is 3.14. The molecule has 2 aliphatic rings. The summed E-state index contributed by atoms with van der Waals surface area (Å²) in [7, 11) is 0. The van der Waals surface area contributed by atoms with Gasteiger partial charge >= 0.3 is 0 Å². The minimum atomic E-state index is -0.516. The van der Waals surface area contributed by atoms with Crippen LogP contribution in [-0.4, -0.2) is 22.4 Å². The fourth-order valence-corrected chi connectivity index (χ4v) is 2.15. The summed E-state index contributed by atoms with van der Waals surface area (Å²) in [6.45, 7) is 4.05. The summed E-state index contributed by atoms with van der Waals surface area (Å²) in [5.41, 5.74) is -0.695. The number of rotatable bonds is 1. The Morgan fingerprint density at radius 3 is 2.60 bits per heavy atom.